The van der Waals surface area contributed by atoms with E-state index in [0.717, 1.165) is 12.0 Å². The molecule has 1 aromatic carbocycles. The number of anilines is 1. The summed E-state index contributed by atoms with van der Waals surface area (Å²) >= 11 is 0. The number of carbonyl (C=O) groups excluding carboxylic acids is 1. The summed E-state index contributed by atoms with van der Waals surface area (Å²) in [5.41, 5.74) is 8.54. The van der Waals surface area contributed by atoms with Crippen molar-refractivity contribution in [2.45, 2.75) is 18.9 Å². The highest BCUT2D eigenvalue weighted by Gasteiger charge is 2.29. The predicted octanol–water partition coefficient (Wildman–Crippen LogP) is 2.42. The van der Waals surface area contributed by atoms with E-state index in [9.17, 15) is 4.79 Å². The van der Waals surface area contributed by atoms with Gasteiger partial charge in [-0.1, -0.05) is 12.1 Å². The lowest BCUT2D eigenvalue weighted by Gasteiger charge is -2.19. The van der Waals surface area contributed by atoms with Gasteiger partial charge in [0.1, 0.15) is 0 Å². The van der Waals surface area contributed by atoms with Crippen LogP contribution < -0.4 is 11.1 Å². The Kier molecular flexibility index (Phi) is 8.69. The minimum atomic E-state index is 0. The molecule has 1 fully saturated rings. The summed E-state index contributed by atoms with van der Waals surface area (Å²) in [5.74, 6) is 0.317. The topological polar surface area (TPSA) is 77.2 Å². The Labute approximate surface area is 160 Å². The Balaban J connectivity index is 0.00000156. The molecule has 25 heavy (non-hydrogen) atoms. The molecule has 1 aromatic heterocycles. The number of ether oxygens (including phenoxy) is 1. The molecular weight excluding hydrogens is 361 g/mol. The van der Waals surface area contributed by atoms with Crippen molar-refractivity contribution in [1.82, 2.24) is 10.3 Å². The number of pyridine rings is 1. The molecule has 0 radical (unpaired) electrons. The lowest BCUT2D eigenvalue weighted by atomic mass is 9.95. The van der Waals surface area contributed by atoms with Crippen LogP contribution >= 0.6 is 24.8 Å². The predicted molar refractivity (Wildman–Crippen MR) is 103 cm³/mol. The van der Waals surface area contributed by atoms with Crippen molar-refractivity contribution in [3.63, 3.8) is 0 Å². The summed E-state index contributed by atoms with van der Waals surface area (Å²) in [7, 11) is 0. The number of hydrogen-bond acceptors (Lipinski definition) is 4. The molecule has 3 rings (SSSR count). The highest BCUT2D eigenvalue weighted by atomic mass is 35.5. The van der Waals surface area contributed by atoms with Crippen LogP contribution in [-0.2, 0) is 22.4 Å². The van der Waals surface area contributed by atoms with Crippen LogP contribution in [0.5, 0.6) is 0 Å². The maximum atomic E-state index is 12.2. The van der Waals surface area contributed by atoms with E-state index in [0.29, 0.717) is 31.2 Å². The van der Waals surface area contributed by atoms with Crippen LogP contribution in [0.2, 0.25) is 0 Å². The molecule has 2 heterocycles. The number of nitrogens with two attached hydrogens (primary N) is 1. The van der Waals surface area contributed by atoms with E-state index in [1.165, 1.54) is 5.56 Å². The zero-order valence-electron chi connectivity index (χ0n) is 13.8. The molecule has 2 aromatic rings. The van der Waals surface area contributed by atoms with Gasteiger partial charge in [0, 0.05) is 24.0 Å². The smallest absolute Gasteiger partial charge is 0.224 e. The Hall–Kier alpha value is -1.82. The third kappa shape index (κ3) is 6.20. The second kappa shape index (κ2) is 10.2. The van der Waals surface area contributed by atoms with Gasteiger partial charge in [0.2, 0.25) is 5.91 Å². The number of nitrogen functional groups attached to an aromatic ring is 1. The van der Waals surface area contributed by atoms with Crippen molar-refractivity contribution < 1.29 is 9.53 Å². The number of amides is 1. The number of aromatic nitrogens is 1. The van der Waals surface area contributed by atoms with E-state index in [-0.39, 0.29) is 36.8 Å². The van der Waals surface area contributed by atoms with Crippen molar-refractivity contribution in [3.05, 3.63) is 59.9 Å². The van der Waals surface area contributed by atoms with Gasteiger partial charge >= 0.3 is 0 Å². The summed E-state index contributed by atoms with van der Waals surface area (Å²) in [6.45, 7) is 1.25. The molecule has 1 saturated heterocycles. The summed E-state index contributed by atoms with van der Waals surface area (Å²) < 4.78 is 5.56. The second-order valence-electron chi connectivity index (χ2n) is 5.95. The first kappa shape index (κ1) is 21.2. The second-order valence-corrected chi connectivity index (χ2v) is 5.95. The van der Waals surface area contributed by atoms with Crippen molar-refractivity contribution >= 4 is 36.4 Å². The van der Waals surface area contributed by atoms with Gasteiger partial charge in [0.05, 0.1) is 25.7 Å². The Morgan fingerprint density at radius 3 is 2.44 bits per heavy atom. The fraction of sp³-hybridized carbons (Fsp3) is 0.333. The third-order valence-electron chi connectivity index (χ3n) is 4.14. The number of hydrogen-bond donors (Lipinski definition) is 2. The van der Waals surface area contributed by atoms with Crippen LogP contribution in [0, 0.1) is 5.92 Å². The number of rotatable bonds is 5. The summed E-state index contributed by atoms with van der Waals surface area (Å²) in [6.07, 6.45) is 4.83. The zero-order valence-corrected chi connectivity index (χ0v) is 15.4. The van der Waals surface area contributed by atoms with Crippen molar-refractivity contribution in [2.24, 2.45) is 5.92 Å². The number of nitrogens with zero attached hydrogens (tertiary/aromatic N) is 1. The van der Waals surface area contributed by atoms with Crippen LogP contribution in [0.15, 0.2) is 48.8 Å². The maximum Gasteiger partial charge on any atom is 0.224 e. The lowest BCUT2D eigenvalue weighted by molar-refractivity contribution is -0.121. The normalized spacial score (nSPS) is 18.7. The van der Waals surface area contributed by atoms with Crippen molar-refractivity contribution in [1.29, 1.82) is 0 Å². The molecule has 1 aliphatic heterocycles. The zero-order chi connectivity index (χ0) is 16.1. The summed E-state index contributed by atoms with van der Waals surface area (Å²) in [6, 6.07) is 11.5. The molecule has 0 aliphatic carbocycles. The fourth-order valence-corrected chi connectivity index (χ4v) is 2.86. The quantitative estimate of drug-likeness (QED) is 0.777. The molecule has 0 unspecified atom stereocenters. The first-order valence-electron chi connectivity index (χ1n) is 7.81. The van der Waals surface area contributed by atoms with Gasteiger partial charge < -0.3 is 15.8 Å². The van der Waals surface area contributed by atoms with Crippen LogP contribution in [0.25, 0.3) is 0 Å². The highest BCUT2D eigenvalue weighted by molar-refractivity contribution is 5.85. The number of halogens is 2. The van der Waals surface area contributed by atoms with Gasteiger partial charge in [-0.15, -0.1) is 24.8 Å². The van der Waals surface area contributed by atoms with E-state index in [1.54, 1.807) is 12.4 Å². The largest absolute Gasteiger partial charge is 0.399 e. The Bertz CT molecular complexity index is 653. The van der Waals surface area contributed by atoms with Gasteiger partial charge in [-0.3, -0.25) is 9.78 Å². The first-order chi connectivity index (χ1) is 11.2. The molecule has 136 valence electrons. The maximum absolute atomic E-state index is 12.2. The average Bonchev–Trinajstić information content (AvgIpc) is 2.97. The average molecular weight is 384 g/mol. The number of nitrogens with one attached hydrogen (secondary N) is 1. The van der Waals surface area contributed by atoms with E-state index >= 15 is 0 Å². The van der Waals surface area contributed by atoms with Gasteiger partial charge in [0.15, 0.2) is 0 Å². The van der Waals surface area contributed by atoms with E-state index < -0.39 is 0 Å². The van der Waals surface area contributed by atoms with E-state index in [2.05, 4.69) is 10.3 Å². The Morgan fingerprint density at radius 1 is 1.08 bits per heavy atom. The third-order valence-corrected chi connectivity index (χ3v) is 4.14. The fourth-order valence-electron chi connectivity index (χ4n) is 2.86. The molecule has 0 saturated carbocycles. The number of carbonyl (C=O) groups is 1. The van der Waals surface area contributed by atoms with Gasteiger partial charge in [-0.25, -0.2) is 0 Å². The van der Waals surface area contributed by atoms with E-state index in [4.69, 9.17) is 10.5 Å². The standard InChI is InChI=1S/C18H21N3O2.2ClH/c19-16-3-1-13(2-4-16)10-18(22)21-17-12-23-11-15(17)9-14-5-7-20-8-6-14;;/h1-8,15,17H,9-12,19H2,(H,21,22);2*1H/t15-,17-;;/m1../s1. The lowest BCUT2D eigenvalue weighted by Crippen LogP contribution is -2.41. The van der Waals surface area contributed by atoms with Gasteiger partial charge in [0.25, 0.3) is 0 Å². The SMILES string of the molecule is Cl.Cl.Nc1ccc(CC(=O)N[C@@H]2COC[C@H]2Cc2ccncc2)cc1. The van der Waals surface area contributed by atoms with Gasteiger partial charge in [-0.05, 0) is 41.8 Å². The van der Waals surface area contributed by atoms with Crippen LogP contribution in [-0.4, -0.2) is 30.1 Å². The van der Waals surface area contributed by atoms with Crippen molar-refractivity contribution in [3.8, 4) is 0 Å². The molecule has 1 aliphatic rings. The van der Waals surface area contributed by atoms with Gasteiger partial charge in [-0.2, -0.15) is 0 Å². The molecule has 0 spiro atoms. The minimum Gasteiger partial charge on any atom is -0.399 e. The molecule has 7 heteroatoms. The molecular formula is C18H23Cl2N3O2. The van der Waals surface area contributed by atoms with E-state index in [1.807, 2.05) is 36.4 Å². The molecule has 5 nitrogen and oxygen atoms in total. The van der Waals surface area contributed by atoms with Crippen LogP contribution in [0.1, 0.15) is 11.1 Å². The highest BCUT2D eigenvalue weighted by Crippen LogP contribution is 2.19. The van der Waals surface area contributed by atoms with Crippen molar-refractivity contribution in [2.75, 3.05) is 18.9 Å². The summed E-state index contributed by atoms with van der Waals surface area (Å²) in [5, 5.41) is 3.10. The monoisotopic (exact) mass is 383 g/mol. The number of benzene rings is 1. The first-order valence-corrected chi connectivity index (χ1v) is 7.81. The van der Waals surface area contributed by atoms with Crippen LogP contribution in [0.4, 0.5) is 5.69 Å². The van der Waals surface area contributed by atoms with Crippen LogP contribution in [0.3, 0.4) is 0 Å². The Morgan fingerprint density at radius 2 is 1.76 bits per heavy atom. The molecule has 1 amide bonds. The summed E-state index contributed by atoms with van der Waals surface area (Å²) in [4.78, 5) is 16.3. The molecule has 0 bridgehead atoms. The molecule has 3 N–H and O–H groups in total. The minimum absolute atomic E-state index is 0. The molecule has 2 atom stereocenters.